The van der Waals surface area contributed by atoms with Crippen LogP contribution in [0.25, 0.3) is 0 Å². The fourth-order valence-electron chi connectivity index (χ4n) is 1.72. The van der Waals surface area contributed by atoms with Gasteiger partial charge in [-0.3, -0.25) is 4.79 Å². The zero-order valence-corrected chi connectivity index (χ0v) is 9.73. The summed E-state index contributed by atoms with van der Waals surface area (Å²) in [5.74, 6) is -1.12. The van der Waals surface area contributed by atoms with E-state index in [2.05, 4.69) is 5.32 Å². The van der Waals surface area contributed by atoms with E-state index in [-0.39, 0.29) is 17.7 Å². The van der Waals surface area contributed by atoms with Gasteiger partial charge < -0.3 is 15.2 Å². The van der Waals surface area contributed by atoms with Crippen LogP contribution in [0.1, 0.15) is 26.7 Å². The van der Waals surface area contributed by atoms with E-state index in [1.807, 2.05) is 13.8 Å². The molecule has 0 spiro atoms. The number of aliphatic carboxylic acids is 1. The van der Waals surface area contributed by atoms with Crippen molar-refractivity contribution in [2.75, 3.05) is 13.2 Å². The number of hydrogen-bond acceptors (Lipinski definition) is 3. The third-order valence-electron chi connectivity index (χ3n) is 2.62. The van der Waals surface area contributed by atoms with Gasteiger partial charge in [0.15, 0.2) is 0 Å². The Labute approximate surface area is 95.2 Å². The first-order valence-electron chi connectivity index (χ1n) is 5.61. The third-order valence-corrected chi connectivity index (χ3v) is 2.62. The van der Waals surface area contributed by atoms with Crippen molar-refractivity contribution in [3.8, 4) is 0 Å². The van der Waals surface area contributed by atoms with Crippen LogP contribution >= 0.6 is 0 Å². The fourth-order valence-corrected chi connectivity index (χ4v) is 1.72. The number of carbonyl (C=O) groups is 2. The number of ether oxygens (including phenoxy) is 1. The van der Waals surface area contributed by atoms with Crippen molar-refractivity contribution in [1.82, 2.24) is 5.32 Å². The lowest BCUT2D eigenvalue weighted by molar-refractivity contribution is -0.143. The van der Waals surface area contributed by atoms with Gasteiger partial charge in [0.1, 0.15) is 6.04 Å². The molecule has 1 aliphatic heterocycles. The Morgan fingerprint density at radius 2 is 2.19 bits per heavy atom. The van der Waals surface area contributed by atoms with Crippen LogP contribution in [0.5, 0.6) is 0 Å². The molecule has 16 heavy (non-hydrogen) atoms. The van der Waals surface area contributed by atoms with E-state index in [0.29, 0.717) is 26.1 Å². The van der Waals surface area contributed by atoms with Crippen LogP contribution in [-0.4, -0.2) is 36.2 Å². The molecule has 0 aliphatic carbocycles. The van der Waals surface area contributed by atoms with Crippen LogP contribution in [0.3, 0.4) is 0 Å². The minimum absolute atomic E-state index is 0.186. The first kappa shape index (κ1) is 13.0. The first-order chi connectivity index (χ1) is 7.50. The van der Waals surface area contributed by atoms with Crippen molar-refractivity contribution in [3.63, 3.8) is 0 Å². The summed E-state index contributed by atoms with van der Waals surface area (Å²) in [6.07, 6.45) is 1.13. The molecule has 0 aromatic carbocycles. The molecule has 5 heteroatoms. The van der Waals surface area contributed by atoms with Crippen LogP contribution < -0.4 is 5.32 Å². The maximum atomic E-state index is 11.7. The second-order valence-electron chi connectivity index (χ2n) is 4.59. The highest BCUT2D eigenvalue weighted by Crippen LogP contribution is 2.13. The predicted molar refractivity (Wildman–Crippen MR) is 57.9 cm³/mol. The Balaban J connectivity index is 2.47. The Hall–Kier alpha value is -1.10. The molecule has 1 fully saturated rings. The number of amides is 1. The average molecular weight is 229 g/mol. The van der Waals surface area contributed by atoms with Crippen molar-refractivity contribution in [2.24, 2.45) is 11.8 Å². The SMILES string of the molecule is CC(C)C[C@H](NC(=O)[C@H]1CCOC1)C(=O)O. The molecule has 2 atom stereocenters. The van der Waals surface area contributed by atoms with E-state index in [1.54, 1.807) is 0 Å². The van der Waals surface area contributed by atoms with E-state index in [4.69, 9.17) is 9.84 Å². The second kappa shape index (κ2) is 5.84. The molecule has 0 radical (unpaired) electrons. The zero-order chi connectivity index (χ0) is 12.1. The van der Waals surface area contributed by atoms with Gasteiger partial charge in [-0.25, -0.2) is 4.79 Å². The molecule has 0 aromatic heterocycles. The number of carboxylic acids is 1. The maximum Gasteiger partial charge on any atom is 0.326 e. The summed E-state index contributed by atoms with van der Waals surface area (Å²) in [5, 5.41) is 11.5. The van der Waals surface area contributed by atoms with Gasteiger partial charge >= 0.3 is 5.97 Å². The number of carboxylic acid groups (broad SMARTS) is 1. The van der Waals surface area contributed by atoms with Gasteiger partial charge in [-0.1, -0.05) is 13.8 Å². The van der Waals surface area contributed by atoms with Crippen LogP contribution in [0.15, 0.2) is 0 Å². The fraction of sp³-hybridized carbons (Fsp3) is 0.818. The maximum absolute atomic E-state index is 11.7. The van der Waals surface area contributed by atoms with Gasteiger partial charge in [-0.2, -0.15) is 0 Å². The lowest BCUT2D eigenvalue weighted by atomic mass is 10.0. The Morgan fingerprint density at radius 1 is 1.50 bits per heavy atom. The van der Waals surface area contributed by atoms with Crippen molar-refractivity contribution in [3.05, 3.63) is 0 Å². The molecule has 1 aliphatic rings. The van der Waals surface area contributed by atoms with Crippen molar-refractivity contribution < 1.29 is 19.4 Å². The highest BCUT2D eigenvalue weighted by molar-refractivity contribution is 5.85. The molecule has 1 saturated heterocycles. The third kappa shape index (κ3) is 3.81. The normalized spacial score (nSPS) is 22.1. The molecule has 1 heterocycles. The Morgan fingerprint density at radius 3 is 2.62 bits per heavy atom. The van der Waals surface area contributed by atoms with E-state index >= 15 is 0 Å². The molecule has 0 saturated carbocycles. The topological polar surface area (TPSA) is 75.6 Å². The smallest absolute Gasteiger partial charge is 0.326 e. The lowest BCUT2D eigenvalue weighted by Crippen LogP contribution is -2.44. The van der Waals surface area contributed by atoms with Gasteiger partial charge in [-0.05, 0) is 18.8 Å². The highest BCUT2D eigenvalue weighted by Gasteiger charge is 2.28. The summed E-state index contributed by atoms with van der Waals surface area (Å²) in [4.78, 5) is 22.6. The molecule has 2 N–H and O–H groups in total. The van der Waals surface area contributed by atoms with Crippen molar-refractivity contribution >= 4 is 11.9 Å². The number of hydrogen-bond donors (Lipinski definition) is 2. The standard InChI is InChI=1S/C11H19NO4/c1-7(2)5-9(11(14)15)12-10(13)8-3-4-16-6-8/h7-9H,3-6H2,1-2H3,(H,12,13)(H,14,15)/t8-,9-/m0/s1. The summed E-state index contributed by atoms with van der Waals surface area (Å²) in [7, 11) is 0. The van der Waals surface area contributed by atoms with Gasteiger partial charge in [0.2, 0.25) is 5.91 Å². The summed E-state index contributed by atoms with van der Waals surface area (Å²) in [5.41, 5.74) is 0. The van der Waals surface area contributed by atoms with E-state index in [1.165, 1.54) is 0 Å². The van der Waals surface area contributed by atoms with Crippen LogP contribution in [0, 0.1) is 11.8 Å². The first-order valence-corrected chi connectivity index (χ1v) is 5.61. The second-order valence-corrected chi connectivity index (χ2v) is 4.59. The molecular weight excluding hydrogens is 210 g/mol. The largest absolute Gasteiger partial charge is 0.480 e. The lowest BCUT2D eigenvalue weighted by Gasteiger charge is -2.18. The molecule has 92 valence electrons. The average Bonchev–Trinajstić information content (AvgIpc) is 2.68. The number of nitrogens with one attached hydrogen (secondary N) is 1. The molecular formula is C11H19NO4. The molecule has 0 bridgehead atoms. The monoisotopic (exact) mass is 229 g/mol. The van der Waals surface area contributed by atoms with Crippen molar-refractivity contribution in [1.29, 1.82) is 0 Å². The quantitative estimate of drug-likeness (QED) is 0.725. The molecule has 1 rings (SSSR count). The summed E-state index contributed by atoms with van der Waals surface area (Å²) in [6.45, 7) is 4.85. The predicted octanol–water partition coefficient (Wildman–Crippen LogP) is 0.638. The van der Waals surface area contributed by atoms with Gasteiger partial charge in [-0.15, -0.1) is 0 Å². The minimum Gasteiger partial charge on any atom is -0.480 e. The van der Waals surface area contributed by atoms with E-state index < -0.39 is 12.0 Å². The number of rotatable bonds is 5. The molecule has 5 nitrogen and oxygen atoms in total. The molecule has 0 aromatic rings. The summed E-state index contributed by atoms with van der Waals surface area (Å²) < 4.78 is 5.09. The molecule has 1 amide bonds. The van der Waals surface area contributed by atoms with Crippen LogP contribution in [0.4, 0.5) is 0 Å². The Bertz CT molecular complexity index is 259. The summed E-state index contributed by atoms with van der Waals surface area (Å²) in [6, 6.07) is -0.784. The molecule has 0 unspecified atom stereocenters. The minimum atomic E-state index is -0.971. The van der Waals surface area contributed by atoms with Gasteiger partial charge in [0, 0.05) is 6.61 Å². The van der Waals surface area contributed by atoms with Gasteiger partial charge in [0.25, 0.3) is 0 Å². The van der Waals surface area contributed by atoms with Crippen LogP contribution in [0.2, 0.25) is 0 Å². The highest BCUT2D eigenvalue weighted by atomic mass is 16.5. The Kier molecular flexibility index (Phi) is 4.73. The number of carbonyl (C=O) groups excluding carboxylic acids is 1. The van der Waals surface area contributed by atoms with E-state index in [9.17, 15) is 9.59 Å². The summed E-state index contributed by atoms with van der Waals surface area (Å²) >= 11 is 0. The zero-order valence-electron chi connectivity index (χ0n) is 9.73. The van der Waals surface area contributed by atoms with Crippen molar-refractivity contribution in [2.45, 2.75) is 32.7 Å². The van der Waals surface area contributed by atoms with Gasteiger partial charge in [0.05, 0.1) is 12.5 Å². The van der Waals surface area contributed by atoms with Crippen LogP contribution in [-0.2, 0) is 14.3 Å². The van der Waals surface area contributed by atoms with E-state index in [0.717, 1.165) is 0 Å².